The number of furan rings is 1. The maximum atomic E-state index is 11.1. The molecule has 7 nitrogen and oxygen atoms in total. The van der Waals surface area contributed by atoms with E-state index in [2.05, 4.69) is 29.5 Å². The molecule has 0 radical (unpaired) electrons. The molecular weight excluding hydrogens is 320 g/mol. The highest BCUT2D eigenvalue weighted by atomic mass is 16.5. The van der Waals surface area contributed by atoms with Crippen molar-refractivity contribution in [2.45, 2.75) is 58.7 Å². The molecule has 2 unspecified atom stereocenters. The minimum absolute atomic E-state index is 0.136. The predicted molar refractivity (Wildman–Crippen MR) is 97.4 cm³/mol. The summed E-state index contributed by atoms with van der Waals surface area (Å²) >= 11 is 0. The summed E-state index contributed by atoms with van der Waals surface area (Å²) in [4.78, 5) is 15.4. The first-order chi connectivity index (χ1) is 12.0. The number of hydrogen-bond donors (Lipinski definition) is 3. The molecule has 0 bridgehead atoms. The smallest absolute Gasteiger partial charge is 0.284 e. The maximum Gasteiger partial charge on any atom is 0.284 e. The topological polar surface area (TPSA) is 102 Å². The van der Waals surface area contributed by atoms with E-state index in [0.29, 0.717) is 30.4 Å². The van der Waals surface area contributed by atoms with Crippen LogP contribution in [0.1, 0.15) is 56.3 Å². The van der Waals surface area contributed by atoms with Crippen LogP contribution in [-0.4, -0.2) is 37.7 Å². The highest BCUT2D eigenvalue weighted by Gasteiger charge is 2.53. The lowest BCUT2D eigenvalue weighted by atomic mass is 9.58. The summed E-state index contributed by atoms with van der Waals surface area (Å²) in [6.45, 7) is 7.65. The van der Waals surface area contributed by atoms with Gasteiger partial charge < -0.3 is 25.5 Å². The van der Waals surface area contributed by atoms with E-state index in [4.69, 9.17) is 14.9 Å². The van der Waals surface area contributed by atoms with Gasteiger partial charge >= 0.3 is 0 Å². The molecule has 4 N–H and O–H groups in total. The van der Waals surface area contributed by atoms with E-state index in [1.165, 1.54) is 0 Å². The van der Waals surface area contributed by atoms with Crippen LogP contribution in [0.5, 0.6) is 0 Å². The summed E-state index contributed by atoms with van der Waals surface area (Å²) in [5.74, 6) is 0.938. The molecule has 0 spiro atoms. The third kappa shape index (κ3) is 3.98. The Morgan fingerprint density at radius 3 is 2.64 bits per heavy atom. The van der Waals surface area contributed by atoms with Crippen molar-refractivity contribution in [1.82, 2.24) is 10.6 Å². The van der Waals surface area contributed by atoms with Gasteiger partial charge in [-0.2, -0.15) is 0 Å². The number of carbonyl (C=O) groups is 1. The van der Waals surface area contributed by atoms with Crippen molar-refractivity contribution >= 4 is 11.9 Å². The molecule has 0 saturated heterocycles. The second-order valence-electron chi connectivity index (χ2n) is 6.37. The lowest BCUT2D eigenvalue weighted by molar-refractivity contribution is -0.133. The van der Waals surface area contributed by atoms with Gasteiger partial charge in [-0.25, -0.2) is 0 Å². The average Bonchev–Trinajstić information content (AvgIpc) is 3.07. The number of carbonyl (C=O) groups excluding carboxylic acids is 1. The number of aliphatic imine (C=N–C) groups is 1. The average molecular weight is 350 g/mol. The Labute approximate surface area is 149 Å². The number of ether oxygens (including phenoxy) is 1. The van der Waals surface area contributed by atoms with E-state index in [0.717, 1.165) is 25.9 Å². The van der Waals surface area contributed by atoms with Crippen LogP contribution in [0.4, 0.5) is 0 Å². The molecule has 2 atom stereocenters. The molecule has 25 heavy (non-hydrogen) atoms. The highest BCUT2D eigenvalue weighted by Crippen LogP contribution is 2.48. The predicted octanol–water partition coefficient (Wildman–Crippen LogP) is 2.03. The molecule has 1 aliphatic rings. The summed E-state index contributed by atoms with van der Waals surface area (Å²) in [7, 11) is 1.74. The van der Waals surface area contributed by atoms with Crippen LogP contribution in [0.15, 0.2) is 21.5 Å². The quantitative estimate of drug-likeness (QED) is 0.492. The lowest BCUT2D eigenvalue weighted by Gasteiger charge is -2.55. The van der Waals surface area contributed by atoms with Gasteiger partial charge in [0.2, 0.25) is 0 Å². The SMILES string of the molecule is CCOC1CC(NC(=NC)NCc2ccc(C(N)=O)o2)C1(CC)CC. The van der Waals surface area contributed by atoms with Crippen molar-refractivity contribution in [1.29, 1.82) is 0 Å². The van der Waals surface area contributed by atoms with E-state index >= 15 is 0 Å². The van der Waals surface area contributed by atoms with E-state index in [1.807, 2.05) is 6.92 Å². The van der Waals surface area contributed by atoms with E-state index in [-0.39, 0.29) is 11.2 Å². The van der Waals surface area contributed by atoms with Crippen molar-refractivity contribution < 1.29 is 13.9 Å². The van der Waals surface area contributed by atoms with Crippen LogP contribution in [-0.2, 0) is 11.3 Å². The van der Waals surface area contributed by atoms with Crippen LogP contribution < -0.4 is 16.4 Å². The number of primary amides is 1. The molecule has 2 rings (SSSR count). The van der Waals surface area contributed by atoms with Gasteiger partial charge in [-0.1, -0.05) is 13.8 Å². The zero-order valence-corrected chi connectivity index (χ0v) is 15.6. The molecule has 1 amide bonds. The van der Waals surface area contributed by atoms with Crippen LogP contribution >= 0.6 is 0 Å². The van der Waals surface area contributed by atoms with Crippen LogP contribution in [0.3, 0.4) is 0 Å². The van der Waals surface area contributed by atoms with E-state index in [9.17, 15) is 4.79 Å². The molecule has 0 aliphatic heterocycles. The molecule has 1 aromatic heterocycles. The third-order valence-corrected chi connectivity index (χ3v) is 5.34. The first-order valence-electron chi connectivity index (χ1n) is 8.97. The lowest BCUT2D eigenvalue weighted by Crippen LogP contribution is -2.65. The highest BCUT2D eigenvalue weighted by molar-refractivity contribution is 5.89. The van der Waals surface area contributed by atoms with Crippen LogP contribution in [0.25, 0.3) is 0 Å². The summed E-state index contributed by atoms with van der Waals surface area (Å²) in [6, 6.07) is 3.63. The molecule has 1 fully saturated rings. The molecule has 1 aliphatic carbocycles. The summed E-state index contributed by atoms with van der Waals surface area (Å²) < 4.78 is 11.3. The van der Waals surface area contributed by atoms with Crippen molar-refractivity contribution in [2.24, 2.45) is 16.1 Å². The molecular formula is C18H30N4O3. The largest absolute Gasteiger partial charge is 0.454 e. The fourth-order valence-electron chi connectivity index (χ4n) is 3.72. The van der Waals surface area contributed by atoms with Gasteiger partial charge in [0.1, 0.15) is 5.76 Å². The zero-order chi connectivity index (χ0) is 18.4. The Morgan fingerprint density at radius 2 is 2.12 bits per heavy atom. The number of guanidine groups is 1. The minimum Gasteiger partial charge on any atom is -0.454 e. The van der Waals surface area contributed by atoms with Gasteiger partial charge in [0, 0.05) is 25.1 Å². The standard InChI is InChI=1S/C18H30N4O3/c1-5-18(6-2)14(10-15(18)24-7-3)22-17(20-4)21-11-12-8-9-13(25-12)16(19)23/h8-9,14-15H,5-7,10-11H2,1-4H3,(H2,19,23)(H2,20,21,22). The monoisotopic (exact) mass is 350 g/mol. The molecule has 1 heterocycles. The Bertz CT molecular complexity index is 607. The summed E-state index contributed by atoms with van der Waals surface area (Å²) in [6.07, 6.45) is 3.39. The maximum absolute atomic E-state index is 11.1. The van der Waals surface area contributed by atoms with Crippen molar-refractivity contribution in [3.8, 4) is 0 Å². The molecule has 7 heteroatoms. The molecule has 1 aromatic rings. The Hall–Kier alpha value is -2.02. The number of hydrogen-bond acceptors (Lipinski definition) is 4. The van der Waals surface area contributed by atoms with Crippen molar-refractivity contribution in [3.05, 3.63) is 23.7 Å². The fraction of sp³-hybridized carbons (Fsp3) is 0.667. The van der Waals surface area contributed by atoms with Gasteiger partial charge in [-0.05, 0) is 38.3 Å². The van der Waals surface area contributed by atoms with Gasteiger partial charge in [0.15, 0.2) is 11.7 Å². The third-order valence-electron chi connectivity index (χ3n) is 5.34. The first-order valence-corrected chi connectivity index (χ1v) is 8.97. The summed E-state index contributed by atoms with van der Waals surface area (Å²) in [5, 5.41) is 6.73. The van der Waals surface area contributed by atoms with Gasteiger partial charge in [-0.15, -0.1) is 0 Å². The fourth-order valence-corrected chi connectivity index (χ4v) is 3.72. The second-order valence-corrected chi connectivity index (χ2v) is 6.37. The minimum atomic E-state index is -0.569. The van der Waals surface area contributed by atoms with Gasteiger partial charge in [0.25, 0.3) is 5.91 Å². The first kappa shape index (κ1) is 19.3. The van der Waals surface area contributed by atoms with Crippen LogP contribution in [0.2, 0.25) is 0 Å². The molecule has 0 aromatic carbocycles. The zero-order valence-electron chi connectivity index (χ0n) is 15.6. The molecule has 140 valence electrons. The Balaban J connectivity index is 1.94. The number of rotatable bonds is 8. The number of nitrogens with zero attached hydrogens (tertiary/aromatic N) is 1. The summed E-state index contributed by atoms with van der Waals surface area (Å²) in [5.41, 5.74) is 5.33. The van der Waals surface area contributed by atoms with Gasteiger partial charge in [0.05, 0.1) is 12.6 Å². The number of amides is 1. The number of nitrogens with two attached hydrogens (primary N) is 1. The van der Waals surface area contributed by atoms with E-state index < -0.39 is 5.91 Å². The van der Waals surface area contributed by atoms with Crippen molar-refractivity contribution in [2.75, 3.05) is 13.7 Å². The molecule has 1 saturated carbocycles. The second kappa shape index (κ2) is 8.38. The van der Waals surface area contributed by atoms with E-state index in [1.54, 1.807) is 19.2 Å². The van der Waals surface area contributed by atoms with Crippen LogP contribution in [0, 0.1) is 5.41 Å². The Morgan fingerprint density at radius 1 is 1.40 bits per heavy atom. The number of nitrogens with one attached hydrogen (secondary N) is 2. The van der Waals surface area contributed by atoms with Crippen molar-refractivity contribution in [3.63, 3.8) is 0 Å². The Kier molecular flexibility index (Phi) is 6.47. The normalized spacial score (nSPS) is 22.3. The van der Waals surface area contributed by atoms with Gasteiger partial charge in [-0.3, -0.25) is 9.79 Å².